The Labute approximate surface area is 153 Å². The van der Waals surface area contributed by atoms with Gasteiger partial charge in [0.15, 0.2) is 5.82 Å². The van der Waals surface area contributed by atoms with E-state index in [1.807, 2.05) is 47.4 Å². The predicted molar refractivity (Wildman–Crippen MR) is 104 cm³/mol. The summed E-state index contributed by atoms with van der Waals surface area (Å²) in [7, 11) is 1.67. The van der Waals surface area contributed by atoms with Crippen LogP contribution in [0.1, 0.15) is 12.5 Å². The van der Waals surface area contributed by atoms with Crippen molar-refractivity contribution in [2.75, 3.05) is 30.4 Å². The van der Waals surface area contributed by atoms with Gasteiger partial charge in [-0.1, -0.05) is 30.3 Å². The fourth-order valence-electron chi connectivity index (χ4n) is 2.67. The van der Waals surface area contributed by atoms with E-state index in [-0.39, 0.29) is 0 Å². The second-order valence-corrected chi connectivity index (χ2v) is 5.75. The zero-order valence-electron chi connectivity index (χ0n) is 15.1. The molecule has 0 aliphatic rings. The van der Waals surface area contributed by atoms with Crippen molar-refractivity contribution >= 4 is 17.5 Å². The van der Waals surface area contributed by atoms with Gasteiger partial charge in [0.2, 0.25) is 0 Å². The van der Waals surface area contributed by atoms with Gasteiger partial charge < -0.3 is 15.0 Å². The minimum Gasteiger partial charge on any atom is -0.497 e. The quantitative estimate of drug-likeness (QED) is 0.669. The smallest absolute Gasteiger partial charge is 0.251 e. The highest BCUT2D eigenvalue weighted by Crippen LogP contribution is 2.21. The third-order valence-electron chi connectivity index (χ3n) is 4.05. The molecule has 1 N–H and O–H groups in total. The normalized spacial score (nSPS) is 10.4. The molecular formula is C20H23N5O. The molecule has 3 aromatic rings. The first-order chi connectivity index (χ1) is 12.8. The van der Waals surface area contributed by atoms with Gasteiger partial charge in [-0.3, -0.25) is 0 Å². The van der Waals surface area contributed by atoms with Gasteiger partial charge in [-0.05, 0) is 43.2 Å². The fraction of sp³-hybridized carbons (Fsp3) is 0.250. The van der Waals surface area contributed by atoms with Gasteiger partial charge in [0, 0.05) is 18.8 Å². The SMILES string of the molecule is CCN(c1ccccc1)c1nncc(NCCc2ccc(OC)cc2)n1. The lowest BCUT2D eigenvalue weighted by Gasteiger charge is -2.20. The van der Waals surface area contributed by atoms with Crippen molar-refractivity contribution in [2.24, 2.45) is 0 Å². The van der Waals surface area contributed by atoms with Crippen LogP contribution in [0, 0.1) is 0 Å². The summed E-state index contributed by atoms with van der Waals surface area (Å²) in [6, 6.07) is 18.2. The van der Waals surface area contributed by atoms with E-state index in [1.165, 1.54) is 5.56 Å². The van der Waals surface area contributed by atoms with Crippen molar-refractivity contribution in [3.63, 3.8) is 0 Å². The number of hydrogen-bond acceptors (Lipinski definition) is 6. The lowest BCUT2D eigenvalue weighted by molar-refractivity contribution is 0.414. The lowest BCUT2D eigenvalue weighted by Crippen LogP contribution is -2.20. The minimum absolute atomic E-state index is 0.591. The fourth-order valence-corrected chi connectivity index (χ4v) is 2.67. The number of aromatic nitrogens is 3. The second kappa shape index (κ2) is 8.80. The summed E-state index contributed by atoms with van der Waals surface area (Å²) >= 11 is 0. The first-order valence-electron chi connectivity index (χ1n) is 8.69. The number of nitrogens with zero attached hydrogens (tertiary/aromatic N) is 4. The van der Waals surface area contributed by atoms with Crippen LogP contribution in [0.4, 0.5) is 17.5 Å². The molecule has 0 saturated heterocycles. The van der Waals surface area contributed by atoms with Gasteiger partial charge >= 0.3 is 0 Å². The molecule has 0 radical (unpaired) electrons. The largest absolute Gasteiger partial charge is 0.497 e. The van der Waals surface area contributed by atoms with Gasteiger partial charge in [-0.25, -0.2) is 0 Å². The number of ether oxygens (including phenoxy) is 1. The molecule has 1 aromatic heterocycles. The second-order valence-electron chi connectivity index (χ2n) is 5.75. The average Bonchev–Trinajstić information content (AvgIpc) is 2.70. The van der Waals surface area contributed by atoms with Crippen molar-refractivity contribution in [1.29, 1.82) is 0 Å². The van der Waals surface area contributed by atoms with E-state index in [1.54, 1.807) is 13.3 Å². The monoisotopic (exact) mass is 349 g/mol. The van der Waals surface area contributed by atoms with E-state index >= 15 is 0 Å². The third kappa shape index (κ3) is 4.47. The Kier molecular flexibility index (Phi) is 5.98. The summed E-state index contributed by atoms with van der Waals surface area (Å²) in [5.41, 5.74) is 2.28. The highest BCUT2D eigenvalue weighted by atomic mass is 16.5. The third-order valence-corrected chi connectivity index (χ3v) is 4.05. The summed E-state index contributed by atoms with van der Waals surface area (Å²) in [5, 5.41) is 11.6. The Morgan fingerprint density at radius 2 is 1.81 bits per heavy atom. The van der Waals surface area contributed by atoms with E-state index in [0.717, 1.165) is 36.8 Å². The molecule has 2 aromatic carbocycles. The molecule has 0 saturated carbocycles. The van der Waals surface area contributed by atoms with Crippen LogP contribution in [0.15, 0.2) is 60.8 Å². The van der Waals surface area contributed by atoms with Crippen LogP contribution < -0.4 is 15.0 Å². The molecule has 3 rings (SSSR count). The van der Waals surface area contributed by atoms with E-state index in [2.05, 4.69) is 39.6 Å². The molecular weight excluding hydrogens is 326 g/mol. The molecule has 0 unspecified atom stereocenters. The summed E-state index contributed by atoms with van der Waals surface area (Å²) in [6.07, 6.45) is 2.54. The first-order valence-corrected chi connectivity index (χ1v) is 8.69. The maximum absolute atomic E-state index is 5.18. The van der Waals surface area contributed by atoms with Crippen molar-refractivity contribution in [2.45, 2.75) is 13.3 Å². The summed E-state index contributed by atoms with van der Waals surface area (Å²) in [4.78, 5) is 6.63. The molecule has 0 fully saturated rings. The van der Waals surface area contributed by atoms with Gasteiger partial charge in [0.25, 0.3) is 5.95 Å². The van der Waals surface area contributed by atoms with Crippen LogP contribution >= 0.6 is 0 Å². The number of methoxy groups -OCH3 is 1. The number of benzene rings is 2. The summed E-state index contributed by atoms with van der Waals surface area (Å²) in [5.74, 6) is 2.18. The maximum Gasteiger partial charge on any atom is 0.251 e. The van der Waals surface area contributed by atoms with Gasteiger partial charge in [-0.2, -0.15) is 10.1 Å². The molecule has 26 heavy (non-hydrogen) atoms. The lowest BCUT2D eigenvalue weighted by atomic mass is 10.1. The van der Waals surface area contributed by atoms with E-state index in [0.29, 0.717) is 5.95 Å². The van der Waals surface area contributed by atoms with Crippen LogP contribution in [0.2, 0.25) is 0 Å². The predicted octanol–water partition coefficient (Wildman–Crippen LogP) is 3.69. The van der Waals surface area contributed by atoms with Crippen molar-refractivity contribution in [1.82, 2.24) is 15.2 Å². The van der Waals surface area contributed by atoms with Crippen LogP contribution in [0.5, 0.6) is 5.75 Å². The molecule has 0 aliphatic heterocycles. The van der Waals surface area contributed by atoms with Crippen LogP contribution in [-0.4, -0.2) is 35.4 Å². The standard InChI is InChI=1S/C20H23N5O/c1-3-25(17-7-5-4-6-8-17)20-23-19(15-22-24-20)21-14-13-16-9-11-18(26-2)12-10-16/h4-12,15H,3,13-14H2,1-2H3,(H,21,23,24). The summed E-state index contributed by atoms with van der Waals surface area (Å²) in [6.45, 7) is 3.60. The molecule has 6 nitrogen and oxygen atoms in total. The van der Waals surface area contributed by atoms with Crippen LogP contribution in [0.25, 0.3) is 0 Å². The topological polar surface area (TPSA) is 63.2 Å². The molecule has 1 heterocycles. The van der Waals surface area contributed by atoms with E-state index in [9.17, 15) is 0 Å². The van der Waals surface area contributed by atoms with E-state index < -0.39 is 0 Å². The van der Waals surface area contributed by atoms with Crippen molar-refractivity contribution in [3.05, 3.63) is 66.4 Å². The highest BCUT2D eigenvalue weighted by Gasteiger charge is 2.11. The molecule has 0 amide bonds. The van der Waals surface area contributed by atoms with E-state index in [4.69, 9.17) is 4.74 Å². The molecule has 0 spiro atoms. The number of anilines is 3. The highest BCUT2D eigenvalue weighted by molar-refractivity contribution is 5.57. The van der Waals surface area contributed by atoms with Gasteiger partial charge in [-0.15, -0.1) is 5.10 Å². The number of hydrogen-bond donors (Lipinski definition) is 1. The average molecular weight is 349 g/mol. The van der Waals surface area contributed by atoms with Gasteiger partial charge in [0.1, 0.15) is 5.75 Å². The Balaban J connectivity index is 1.63. The first kappa shape index (κ1) is 17.7. The molecule has 6 heteroatoms. The summed E-state index contributed by atoms with van der Waals surface area (Å²) < 4.78 is 5.18. The molecule has 0 atom stereocenters. The molecule has 0 bridgehead atoms. The zero-order valence-corrected chi connectivity index (χ0v) is 15.1. The maximum atomic E-state index is 5.18. The molecule has 134 valence electrons. The Hall–Kier alpha value is -3.15. The van der Waals surface area contributed by atoms with Crippen LogP contribution in [0.3, 0.4) is 0 Å². The van der Waals surface area contributed by atoms with Crippen molar-refractivity contribution < 1.29 is 4.74 Å². The van der Waals surface area contributed by atoms with Gasteiger partial charge in [0.05, 0.1) is 13.3 Å². The van der Waals surface area contributed by atoms with Crippen LogP contribution in [-0.2, 0) is 6.42 Å². The Bertz CT molecular complexity index is 808. The molecule has 0 aliphatic carbocycles. The number of rotatable bonds is 8. The van der Waals surface area contributed by atoms with Crippen molar-refractivity contribution in [3.8, 4) is 5.75 Å². The zero-order chi connectivity index (χ0) is 18.2. The number of nitrogens with one attached hydrogen (secondary N) is 1. The Morgan fingerprint density at radius 1 is 1.04 bits per heavy atom. The Morgan fingerprint density at radius 3 is 2.50 bits per heavy atom. The number of para-hydroxylation sites is 1. The minimum atomic E-state index is 0.591.